The fourth-order valence-electron chi connectivity index (χ4n) is 3.27. The zero-order valence-corrected chi connectivity index (χ0v) is 16.1. The molecule has 9 heteroatoms. The first-order valence-corrected chi connectivity index (χ1v) is 9.19. The molecule has 1 aromatic heterocycles. The number of amides is 1. The monoisotopic (exact) mass is 386 g/mol. The van der Waals surface area contributed by atoms with Crippen molar-refractivity contribution in [3.8, 4) is 11.5 Å². The predicted molar refractivity (Wildman–Crippen MR) is 107 cm³/mol. The topological polar surface area (TPSA) is 137 Å². The van der Waals surface area contributed by atoms with Crippen LogP contribution >= 0.6 is 0 Å². The van der Waals surface area contributed by atoms with Gasteiger partial charge < -0.3 is 31.6 Å². The van der Waals surface area contributed by atoms with E-state index in [4.69, 9.17) is 20.9 Å². The van der Waals surface area contributed by atoms with Crippen molar-refractivity contribution in [2.75, 3.05) is 24.9 Å². The van der Waals surface area contributed by atoms with Gasteiger partial charge >= 0.3 is 0 Å². The number of ether oxygens (including phenoxy) is 2. The number of methoxy groups -OCH3 is 2. The molecule has 1 aliphatic rings. The molecule has 28 heavy (non-hydrogen) atoms. The van der Waals surface area contributed by atoms with Crippen LogP contribution in [0.5, 0.6) is 11.5 Å². The van der Waals surface area contributed by atoms with Gasteiger partial charge in [0.25, 0.3) is 5.91 Å². The second-order valence-corrected chi connectivity index (χ2v) is 6.74. The maximum Gasteiger partial charge on any atom is 0.271 e. The zero-order valence-electron chi connectivity index (χ0n) is 16.1. The van der Waals surface area contributed by atoms with Crippen molar-refractivity contribution in [1.82, 2.24) is 9.97 Å². The molecule has 0 spiro atoms. The highest BCUT2D eigenvalue weighted by Gasteiger charge is 2.23. The highest BCUT2D eigenvalue weighted by molar-refractivity contribution is 5.96. The first-order chi connectivity index (χ1) is 13.5. The minimum absolute atomic E-state index is 0.0419. The van der Waals surface area contributed by atoms with E-state index in [0.29, 0.717) is 23.0 Å². The minimum Gasteiger partial charge on any atom is -0.497 e. The molecule has 150 valence electrons. The molecule has 6 N–H and O–H groups in total. The molecule has 1 aromatic carbocycles. The number of nitrogens with zero attached hydrogens (tertiary/aromatic N) is 2. The molecule has 2 atom stereocenters. The molecular weight excluding hydrogens is 360 g/mol. The van der Waals surface area contributed by atoms with Crippen LogP contribution in [-0.4, -0.2) is 42.2 Å². The summed E-state index contributed by atoms with van der Waals surface area (Å²) in [5, 5.41) is 6.41. The molecule has 1 fully saturated rings. The number of hydrogen-bond acceptors (Lipinski definition) is 8. The molecule has 2 aromatic rings. The van der Waals surface area contributed by atoms with E-state index in [1.807, 2.05) is 0 Å². The zero-order chi connectivity index (χ0) is 20.1. The van der Waals surface area contributed by atoms with Gasteiger partial charge in [-0.1, -0.05) is 12.8 Å². The number of aromatic nitrogens is 2. The second-order valence-electron chi connectivity index (χ2n) is 6.74. The van der Waals surface area contributed by atoms with Crippen molar-refractivity contribution >= 4 is 23.2 Å². The van der Waals surface area contributed by atoms with E-state index in [0.717, 1.165) is 25.7 Å². The summed E-state index contributed by atoms with van der Waals surface area (Å²) >= 11 is 0. The van der Waals surface area contributed by atoms with Crippen LogP contribution in [0.2, 0.25) is 0 Å². The van der Waals surface area contributed by atoms with Crippen molar-refractivity contribution in [3.63, 3.8) is 0 Å². The van der Waals surface area contributed by atoms with Crippen LogP contribution in [0.3, 0.4) is 0 Å². The summed E-state index contributed by atoms with van der Waals surface area (Å²) in [6.07, 6.45) is 5.69. The lowest BCUT2D eigenvalue weighted by Crippen LogP contribution is -2.42. The Morgan fingerprint density at radius 2 is 1.82 bits per heavy atom. The van der Waals surface area contributed by atoms with Gasteiger partial charge in [0.05, 0.1) is 20.4 Å². The van der Waals surface area contributed by atoms with E-state index in [-0.39, 0.29) is 23.6 Å². The van der Waals surface area contributed by atoms with E-state index >= 15 is 0 Å². The van der Waals surface area contributed by atoms with Gasteiger partial charge in [0, 0.05) is 36.0 Å². The summed E-state index contributed by atoms with van der Waals surface area (Å²) in [5.41, 5.74) is 12.3. The molecule has 0 bridgehead atoms. The van der Waals surface area contributed by atoms with E-state index < -0.39 is 5.91 Å². The molecule has 9 nitrogen and oxygen atoms in total. The molecule has 1 amide bonds. The quantitative estimate of drug-likeness (QED) is 0.567. The van der Waals surface area contributed by atoms with Gasteiger partial charge in [-0.05, 0) is 12.8 Å². The van der Waals surface area contributed by atoms with Crippen molar-refractivity contribution in [2.24, 2.45) is 11.5 Å². The molecule has 0 aliphatic heterocycles. The average Bonchev–Trinajstić information content (AvgIpc) is 2.69. The molecule has 1 aliphatic carbocycles. The highest BCUT2D eigenvalue weighted by atomic mass is 16.5. The third-order valence-corrected chi connectivity index (χ3v) is 4.77. The van der Waals surface area contributed by atoms with Crippen LogP contribution < -0.4 is 31.6 Å². The Morgan fingerprint density at radius 1 is 1.14 bits per heavy atom. The Labute approximate surface area is 163 Å². The van der Waals surface area contributed by atoms with Gasteiger partial charge in [-0.15, -0.1) is 0 Å². The maximum atomic E-state index is 11.8. The maximum absolute atomic E-state index is 11.8. The van der Waals surface area contributed by atoms with E-state index in [1.165, 1.54) is 6.20 Å². The summed E-state index contributed by atoms with van der Waals surface area (Å²) in [4.78, 5) is 20.5. The second kappa shape index (κ2) is 8.75. The van der Waals surface area contributed by atoms with E-state index in [2.05, 4.69) is 20.6 Å². The molecule has 0 radical (unpaired) electrons. The van der Waals surface area contributed by atoms with Crippen LogP contribution in [0.25, 0.3) is 0 Å². The lowest BCUT2D eigenvalue weighted by molar-refractivity contribution is 0.0996. The number of primary amides is 1. The largest absolute Gasteiger partial charge is 0.497 e. The summed E-state index contributed by atoms with van der Waals surface area (Å²) in [6.45, 7) is 0. The SMILES string of the molecule is COc1cc(Nc2nc(NC3CCCC[C@@H]3N)cnc2C(N)=O)cc(OC)c1. The summed E-state index contributed by atoms with van der Waals surface area (Å²) in [7, 11) is 3.12. The van der Waals surface area contributed by atoms with Crippen LogP contribution in [0.1, 0.15) is 36.2 Å². The van der Waals surface area contributed by atoms with Crippen molar-refractivity contribution in [2.45, 2.75) is 37.8 Å². The Hall–Kier alpha value is -3.07. The van der Waals surface area contributed by atoms with Crippen LogP contribution in [0.4, 0.5) is 17.3 Å². The van der Waals surface area contributed by atoms with E-state index in [9.17, 15) is 4.79 Å². The van der Waals surface area contributed by atoms with Gasteiger partial charge in [0.1, 0.15) is 17.3 Å². The van der Waals surface area contributed by atoms with E-state index in [1.54, 1.807) is 32.4 Å². The summed E-state index contributed by atoms with van der Waals surface area (Å²) in [6, 6.07) is 5.43. The lowest BCUT2D eigenvalue weighted by Gasteiger charge is -2.29. The number of hydrogen-bond donors (Lipinski definition) is 4. The normalized spacial score (nSPS) is 19.0. The van der Waals surface area contributed by atoms with Gasteiger partial charge in [0.2, 0.25) is 0 Å². The summed E-state index contributed by atoms with van der Waals surface area (Å²) in [5.74, 6) is 1.29. The minimum atomic E-state index is -0.675. The van der Waals surface area contributed by atoms with Crippen LogP contribution in [0.15, 0.2) is 24.4 Å². The fourth-order valence-corrected chi connectivity index (χ4v) is 3.27. The number of benzene rings is 1. The van der Waals surface area contributed by atoms with Crippen molar-refractivity contribution in [1.29, 1.82) is 0 Å². The van der Waals surface area contributed by atoms with Gasteiger partial charge in [0.15, 0.2) is 11.5 Å². The summed E-state index contributed by atoms with van der Waals surface area (Å²) < 4.78 is 10.5. The average molecular weight is 386 g/mol. The first-order valence-electron chi connectivity index (χ1n) is 9.19. The number of nitrogens with one attached hydrogen (secondary N) is 2. The molecule has 1 heterocycles. The van der Waals surface area contributed by atoms with Crippen molar-refractivity contribution < 1.29 is 14.3 Å². The van der Waals surface area contributed by atoms with Crippen LogP contribution in [0, 0.1) is 0 Å². The molecule has 0 saturated heterocycles. The van der Waals surface area contributed by atoms with Crippen molar-refractivity contribution in [3.05, 3.63) is 30.1 Å². The number of anilines is 3. The Kier molecular flexibility index (Phi) is 6.15. The first kappa shape index (κ1) is 19.7. The van der Waals surface area contributed by atoms with Gasteiger partial charge in [-0.3, -0.25) is 4.79 Å². The molecular formula is C19H26N6O3. The highest BCUT2D eigenvalue weighted by Crippen LogP contribution is 2.29. The Balaban J connectivity index is 1.89. The fraction of sp³-hybridized carbons (Fsp3) is 0.421. The number of nitrogens with two attached hydrogens (primary N) is 2. The predicted octanol–water partition coefficient (Wildman–Crippen LogP) is 2.02. The number of carbonyl (C=O) groups is 1. The van der Waals surface area contributed by atoms with Crippen LogP contribution in [-0.2, 0) is 0 Å². The molecule has 1 unspecified atom stereocenters. The van der Waals surface area contributed by atoms with Gasteiger partial charge in [-0.25, -0.2) is 9.97 Å². The lowest BCUT2D eigenvalue weighted by atomic mass is 9.91. The Bertz CT molecular complexity index is 822. The standard InChI is InChI=1S/C19H26N6O3/c1-27-12-7-11(8-13(9-12)28-2)23-19-17(18(21)26)22-10-16(25-19)24-15-6-4-3-5-14(15)20/h7-10,14-15H,3-6,20H2,1-2H3,(H2,21,26)(H2,23,24,25)/t14-,15?/m0/s1. The third-order valence-electron chi connectivity index (χ3n) is 4.77. The third kappa shape index (κ3) is 4.61. The molecule has 3 rings (SSSR count). The van der Waals surface area contributed by atoms with Gasteiger partial charge in [-0.2, -0.15) is 0 Å². The number of carbonyl (C=O) groups excluding carboxylic acids is 1. The Morgan fingerprint density at radius 3 is 2.43 bits per heavy atom. The number of rotatable bonds is 7. The molecule has 1 saturated carbocycles. The smallest absolute Gasteiger partial charge is 0.271 e.